The van der Waals surface area contributed by atoms with Crippen molar-refractivity contribution in [1.29, 1.82) is 0 Å². The summed E-state index contributed by atoms with van der Waals surface area (Å²) in [5, 5.41) is 0. The van der Waals surface area contributed by atoms with Gasteiger partial charge in [-0.1, -0.05) is 6.07 Å². The molecule has 5 heteroatoms. The number of carbonyl (C=O) groups excluding carboxylic acids is 1. The van der Waals surface area contributed by atoms with Crippen molar-refractivity contribution in [2.75, 3.05) is 20.0 Å². The Bertz CT molecular complexity index is 379. The fraction of sp³-hybridized carbons (Fsp3) is 0.300. The van der Waals surface area contributed by atoms with E-state index in [0.717, 1.165) is 0 Å². The second-order valence-electron chi connectivity index (χ2n) is 2.91. The lowest BCUT2D eigenvalue weighted by atomic mass is 10.1. The zero-order chi connectivity index (χ0) is 11.4. The van der Waals surface area contributed by atoms with Crippen molar-refractivity contribution in [2.24, 2.45) is 0 Å². The van der Waals surface area contributed by atoms with E-state index in [2.05, 4.69) is 4.74 Å². The summed E-state index contributed by atoms with van der Waals surface area (Å²) in [6.07, 6.45) is -0.0448. The first-order valence-electron chi connectivity index (χ1n) is 4.27. The summed E-state index contributed by atoms with van der Waals surface area (Å²) >= 11 is 0. The van der Waals surface area contributed by atoms with Gasteiger partial charge in [0, 0.05) is 5.56 Å². The Morgan fingerprint density at radius 1 is 1.47 bits per heavy atom. The SMILES string of the molecule is COC(=O)Cc1ccc(N)c(F)c1OC. The van der Waals surface area contributed by atoms with Crippen LogP contribution < -0.4 is 10.5 Å². The Balaban J connectivity index is 3.07. The van der Waals surface area contributed by atoms with Gasteiger partial charge in [0.2, 0.25) is 0 Å². The Morgan fingerprint density at radius 2 is 2.13 bits per heavy atom. The van der Waals surface area contributed by atoms with Crippen LogP contribution in [0.5, 0.6) is 5.75 Å². The minimum Gasteiger partial charge on any atom is -0.493 e. The monoisotopic (exact) mass is 213 g/mol. The van der Waals surface area contributed by atoms with Crippen LogP contribution in [0, 0.1) is 5.82 Å². The topological polar surface area (TPSA) is 61.5 Å². The molecule has 0 radical (unpaired) electrons. The van der Waals surface area contributed by atoms with Crippen LogP contribution in [0.4, 0.5) is 10.1 Å². The molecule has 0 atom stereocenters. The first kappa shape index (κ1) is 11.3. The highest BCUT2D eigenvalue weighted by atomic mass is 19.1. The lowest BCUT2D eigenvalue weighted by molar-refractivity contribution is -0.139. The van der Waals surface area contributed by atoms with Crippen molar-refractivity contribution < 1.29 is 18.7 Å². The predicted molar refractivity (Wildman–Crippen MR) is 53.1 cm³/mol. The summed E-state index contributed by atoms with van der Waals surface area (Å²) in [5.74, 6) is -1.13. The van der Waals surface area contributed by atoms with Crippen LogP contribution in [-0.2, 0) is 16.0 Å². The molecule has 82 valence electrons. The molecule has 2 N–H and O–H groups in total. The fourth-order valence-corrected chi connectivity index (χ4v) is 1.20. The van der Waals surface area contributed by atoms with E-state index in [9.17, 15) is 9.18 Å². The number of benzene rings is 1. The normalized spacial score (nSPS) is 9.80. The number of esters is 1. The third kappa shape index (κ3) is 2.37. The van der Waals surface area contributed by atoms with E-state index in [0.29, 0.717) is 5.56 Å². The molecule has 0 fully saturated rings. The maximum absolute atomic E-state index is 13.4. The van der Waals surface area contributed by atoms with Gasteiger partial charge in [0.1, 0.15) is 0 Å². The summed E-state index contributed by atoms with van der Waals surface area (Å²) < 4.78 is 22.7. The molecule has 0 aliphatic carbocycles. The maximum Gasteiger partial charge on any atom is 0.310 e. The van der Waals surface area contributed by atoms with E-state index >= 15 is 0 Å². The van der Waals surface area contributed by atoms with E-state index < -0.39 is 11.8 Å². The molecular weight excluding hydrogens is 201 g/mol. The van der Waals surface area contributed by atoms with Gasteiger partial charge in [-0.3, -0.25) is 4.79 Å². The minimum atomic E-state index is -0.654. The highest BCUT2D eigenvalue weighted by Gasteiger charge is 2.15. The average Bonchev–Trinajstić information content (AvgIpc) is 2.24. The van der Waals surface area contributed by atoms with Gasteiger partial charge in [-0.2, -0.15) is 0 Å². The molecule has 0 aromatic heterocycles. The molecule has 0 heterocycles. The van der Waals surface area contributed by atoms with Crippen LogP contribution >= 0.6 is 0 Å². The number of methoxy groups -OCH3 is 2. The molecule has 0 aliphatic heterocycles. The summed E-state index contributed by atoms with van der Waals surface area (Å²) in [4.78, 5) is 11.0. The number of halogens is 1. The first-order valence-corrected chi connectivity index (χ1v) is 4.27. The standard InChI is InChI=1S/C10H12FNO3/c1-14-8(13)5-6-3-4-7(12)9(11)10(6)15-2/h3-4H,5,12H2,1-2H3. The molecule has 0 amide bonds. The number of hydrogen-bond acceptors (Lipinski definition) is 4. The van der Waals surface area contributed by atoms with Gasteiger partial charge in [0.15, 0.2) is 11.6 Å². The zero-order valence-electron chi connectivity index (χ0n) is 8.54. The lowest BCUT2D eigenvalue weighted by Gasteiger charge is -2.09. The number of anilines is 1. The number of nitrogen functional groups attached to an aromatic ring is 1. The molecule has 0 spiro atoms. The van der Waals surface area contributed by atoms with Crippen molar-refractivity contribution in [3.8, 4) is 5.75 Å². The van der Waals surface area contributed by atoms with E-state index in [4.69, 9.17) is 10.5 Å². The molecule has 0 unspecified atom stereocenters. The van der Waals surface area contributed by atoms with Crippen LogP contribution in [0.15, 0.2) is 12.1 Å². The smallest absolute Gasteiger partial charge is 0.310 e. The Morgan fingerprint density at radius 3 is 2.67 bits per heavy atom. The average molecular weight is 213 g/mol. The van der Waals surface area contributed by atoms with Crippen molar-refractivity contribution in [3.05, 3.63) is 23.5 Å². The maximum atomic E-state index is 13.4. The second kappa shape index (κ2) is 4.63. The van der Waals surface area contributed by atoms with Gasteiger partial charge in [-0.15, -0.1) is 0 Å². The minimum absolute atomic E-state index is 0.0135. The van der Waals surface area contributed by atoms with Crippen LogP contribution in [0.25, 0.3) is 0 Å². The van der Waals surface area contributed by atoms with Gasteiger partial charge >= 0.3 is 5.97 Å². The van der Waals surface area contributed by atoms with Gasteiger partial charge in [0.05, 0.1) is 26.3 Å². The number of ether oxygens (including phenoxy) is 2. The number of hydrogen-bond donors (Lipinski definition) is 1. The van der Waals surface area contributed by atoms with Crippen molar-refractivity contribution in [2.45, 2.75) is 6.42 Å². The molecular formula is C10H12FNO3. The summed E-state index contributed by atoms with van der Waals surface area (Å²) in [6, 6.07) is 2.92. The fourth-order valence-electron chi connectivity index (χ4n) is 1.20. The Kier molecular flexibility index (Phi) is 3.49. The van der Waals surface area contributed by atoms with E-state index in [1.165, 1.54) is 26.4 Å². The summed E-state index contributed by atoms with van der Waals surface area (Å²) in [5.41, 5.74) is 5.76. The van der Waals surface area contributed by atoms with Crippen LogP contribution in [0.3, 0.4) is 0 Å². The Labute approximate surface area is 86.8 Å². The third-order valence-corrected chi connectivity index (χ3v) is 1.98. The molecule has 4 nitrogen and oxygen atoms in total. The van der Waals surface area contributed by atoms with Crippen LogP contribution in [0.1, 0.15) is 5.56 Å². The van der Waals surface area contributed by atoms with Gasteiger partial charge in [-0.05, 0) is 6.07 Å². The second-order valence-corrected chi connectivity index (χ2v) is 2.91. The van der Waals surface area contributed by atoms with Gasteiger partial charge < -0.3 is 15.2 Å². The van der Waals surface area contributed by atoms with Crippen LogP contribution in [-0.4, -0.2) is 20.2 Å². The number of carbonyl (C=O) groups is 1. The highest BCUT2D eigenvalue weighted by molar-refractivity contribution is 5.74. The molecule has 1 rings (SSSR count). The van der Waals surface area contributed by atoms with Gasteiger partial charge in [-0.25, -0.2) is 4.39 Å². The zero-order valence-corrected chi connectivity index (χ0v) is 8.54. The van der Waals surface area contributed by atoms with Crippen molar-refractivity contribution in [3.63, 3.8) is 0 Å². The molecule has 0 saturated heterocycles. The molecule has 15 heavy (non-hydrogen) atoms. The van der Waals surface area contributed by atoms with Crippen LogP contribution in [0.2, 0.25) is 0 Å². The Hall–Kier alpha value is -1.78. The quantitative estimate of drug-likeness (QED) is 0.604. The molecule has 0 bridgehead atoms. The highest BCUT2D eigenvalue weighted by Crippen LogP contribution is 2.27. The van der Waals surface area contributed by atoms with E-state index in [1.54, 1.807) is 0 Å². The first-order chi connectivity index (χ1) is 7.10. The summed E-state index contributed by atoms with van der Waals surface area (Å²) in [6.45, 7) is 0. The largest absolute Gasteiger partial charge is 0.493 e. The van der Waals surface area contributed by atoms with Gasteiger partial charge in [0.25, 0.3) is 0 Å². The molecule has 0 saturated carbocycles. The van der Waals surface area contributed by atoms with Crippen molar-refractivity contribution in [1.82, 2.24) is 0 Å². The third-order valence-electron chi connectivity index (χ3n) is 1.98. The molecule has 0 aliphatic rings. The molecule has 1 aromatic carbocycles. The number of nitrogens with two attached hydrogens (primary N) is 1. The van der Waals surface area contributed by atoms with Crippen molar-refractivity contribution >= 4 is 11.7 Å². The number of rotatable bonds is 3. The van der Waals surface area contributed by atoms with E-state index in [1.807, 2.05) is 0 Å². The van der Waals surface area contributed by atoms with E-state index in [-0.39, 0.29) is 17.9 Å². The predicted octanol–water partition coefficient (Wildman–Crippen LogP) is 1.13. The summed E-state index contributed by atoms with van der Waals surface area (Å²) in [7, 11) is 2.58. The lowest BCUT2D eigenvalue weighted by Crippen LogP contribution is -2.07. The molecule has 1 aromatic rings.